The fourth-order valence-electron chi connectivity index (χ4n) is 4.04. The van der Waals surface area contributed by atoms with Crippen LogP contribution in [-0.2, 0) is 11.2 Å². The second kappa shape index (κ2) is 8.05. The van der Waals surface area contributed by atoms with Crippen LogP contribution in [0, 0.1) is 13.8 Å². The molecule has 6 heteroatoms. The lowest BCUT2D eigenvalue weighted by Gasteiger charge is -2.37. The number of hydrogen-bond acceptors (Lipinski definition) is 6. The number of thiophene rings is 1. The highest BCUT2D eigenvalue weighted by Gasteiger charge is 2.39. The van der Waals surface area contributed by atoms with Crippen LogP contribution in [0.2, 0.25) is 0 Å². The molecular weight excluding hydrogens is 388 g/mol. The molecule has 5 nitrogen and oxygen atoms in total. The van der Waals surface area contributed by atoms with Crippen molar-refractivity contribution < 1.29 is 25.2 Å². The SMILES string of the molecule is Cc1c(Cc2cc3ccccc3s2)cc([C@@H]2O[C@H](CO)C[C@H](O)[C@H]2O)c(O)c1C. The van der Waals surface area contributed by atoms with Gasteiger partial charge in [-0.05, 0) is 54.1 Å². The van der Waals surface area contributed by atoms with Crippen molar-refractivity contribution in [3.8, 4) is 5.75 Å². The lowest BCUT2D eigenvalue weighted by molar-refractivity contribution is -0.180. The average Bonchev–Trinajstić information content (AvgIpc) is 3.13. The van der Waals surface area contributed by atoms with E-state index in [1.807, 2.05) is 32.0 Å². The monoisotopic (exact) mass is 414 g/mol. The number of benzene rings is 2. The molecule has 0 unspecified atom stereocenters. The van der Waals surface area contributed by atoms with E-state index in [0.29, 0.717) is 12.0 Å². The van der Waals surface area contributed by atoms with E-state index in [4.69, 9.17) is 4.74 Å². The van der Waals surface area contributed by atoms with Crippen LogP contribution in [0.15, 0.2) is 36.4 Å². The van der Waals surface area contributed by atoms with Gasteiger partial charge in [-0.15, -0.1) is 11.3 Å². The number of fused-ring (bicyclic) bond motifs is 1. The molecule has 1 aliphatic heterocycles. The van der Waals surface area contributed by atoms with Gasteiger partial charge in [0.05, 0.1) is 18.8 Å². The van der Waals surface area contributed by atoms with Gasteiger partial charge in [0.25, 0.3) is 0 Å². The van der Waals surface area contributed by atoms with E-state index >= 15 is 0 Å². The molecule has 4 atom stereocenters. The summed E-state index contributed by atoms with van der Waals surface area (Å²) in [4.78, 5) is 1.21. The van der Waals surface area contributed by atoms with Crippen LogP contribution in [0.5, 0.6) is 5.75 Å². The summed E-state index contributed by atoms with van der Waals surface area (Å²) in [6, 6.07) is 12.3. The van der Waals surface area contributed by atoms with Crippen molar-refractivity contribution in [1.29, 1.82) is 0 Å². The first-order chi connectivity index (χ1) is 13.9. The number of aliphatic hydroxyl groups excluding tert-OH is 3. The Hall–Kier alpha value is -1.96. The van der Waals surface area contributed by atoms with Crippen LogP contribution in [0.4, 0.5) is 0 Å². The van der Waals surface area contributed by atoms with Gasteiger partial charge >= 0.3 is 0 Å². The fraction of sp³-hybridized carbons (Fsp3) is 0.391. The Morgan fingerprint density at radius 3 is 2.59 bits per heavy atom. The minimum absolute atomic E-state index is 0.0671. The highest BCUT2D eigenvalue weighted by Crippen LogP contribution is 2.40. The summed E-state index contributed by atoms with van der Waals surface area (Å²) in [5.41, 5.74) is 3.22. The highest BCUT2D eigenvalue weighted by molar-refractivity contribution is 7.19. The minimum Gasteiger partial charge on any atom is -0.507 e. The third-order valence-electron chi connectivity index (χ3n) is 5.90. The molecule has 0 saturated carbocycles. The topological polar surface area (TPSA) is 90.2 Å². The van der Waals surface area contributed by atoms with Crippen molar-refractivity contribution in [2.24, 2.45) is 0 Å². The van der Waals surface area contributed by atoms with Gasteiger partial charge in [0.1, 0.15) is 18.0 Å². The molecule has 0 spiro atoms. The molecule has 1 fully saturated rings. The Labute approximate surface area is 173 Å². The van der Waals surface area contributed by atoms with Gasteiger partial charge in [0, 0.05) is 28.0 Å². The Morgan fingerprint density at radius 2 is 1.86 bits per heavy atom. The molecule has 4 N–H and O–H groups in total. The Bertz CT molecular complexity index is 995. The number of phenolic OH excluding ortho intramolecular Hbond substituents is 1. The molecule has 2 heterocycles. The zero-order chi connectivity index (χ0) is 20.7. The summed E-state index contributed by atoms with van der Waals surface area (Å²) in [5.74, 6) is 0.0671. The zero-order valence-corrected chi connectivity index (χ0v) is 17.3. The first-order valence-electron chi connectivity index (χ1n) is 9.81. The number of rotatable bonds is 4. The summed E-state index contributed by atoms with van der Waals surface area (Å²) in [6.07, 6.45) is -2.79. The van der Waals surface area contributed by atoms with Crippen molar-refractivity contribution in [3.05, 3.63) is 63.5 Å². The summed E-state index contributed by atoms with van der Waals surface area (Å²) >= 11 is 1.74. The summed E-state index contributed by atoms with van der Waals surface area (Å²) in [6.45, 7) is 3.57. The van der Waals surface area contributed by atoms with E-state index in [2.05, 4.69) is 18.2 Å². The van der Waals surface area contributed by atoms with Crippen LogP contribution < -0.4 is 0 Å². The average molecular weight is 415 g/mol. The lowest BCUT2D eigenvalue weighted by Crippen LogP contribution is -2.44. The van der Waals surface area contributed by atoms with E-state index in [1.165, 1.54) is 15.0 Å². The zero-order valence-electron chi connectivity index (χ0n) is 16.5. The molecule has 1 aromatic heterocycles. The smallest absolute Gasteiger partial charge is 0.124 e. The van der Waals surface area contributed by atoms with Gasteiger partial charge < -0.3 is 25.2 Å². The maximum Gasteiger partial charge on any atom is 0.124 e. The molecule has 3 aromatic rings. The second-order valence-corrected chi connectivity index (χ2v) is 8.97. The normalized spacial score (nSPS) is 24.9. The summed E-state index contributed by atoms with van der Waals surface area (Å²) < 4.78 is 7.05. The van der Waals surface area contributed by atoms with Gasteiger partial charge in [-0.25, -0.2) is 0 Å². The fourth-order valence-corrected chi connectivity index (χ4v) is 5.13. The van der Waals surface area contributed by atoms with Crippen molar-refractivity contribution in [2.45, 2.75) is 51.1 Å². The number of aromatic hydroxyl groups is 1. The quantitative estimate of drug-likeness (QED) is 0.526. The van der Waals surface area contributed by atoms with Gasteiger partial charge in [-0.3, -0.25) is 0 Å². The van der Waals surface area contributed by atoms with E-state index in [9.17, 15) is 20.4 Å². The predicted octanol–water partition coefficient (Wildman–Crippen LogP) is 3.36. The largest absolute Gasteiger partial charge is 0.507 e. The molecule has 29 heavy (non-hydrogen) atoms. The van der Waals surface area contributed by atoms with Gasteiger partial charge in [-0.2, -0.15) is 0 Å². The standard InChI is InChI=1S/C23H26O5S/c1-12-13(2)21(26)18(23-22(27)19(25)10-16(11-24)28-23)9-15(12)8-17-7-14-5-3-4-6-20(14)29-17/h3-7,9,16,19,22-27H,8,10-11H2,1-2H3/t16-,19-,22+,23-/m0/s1. The van der Waals surface area contributed by atoms with Crippen LogP contribution >= 0.6 is 11.3 Å². The lowest BCUT2D eigenvalue weighted by atomic mass is 9.88. The van der Waals surface area contributed by atoms with Crippen molar-refractivity contribution >= 4 is 21.4 Å². The summed E-state index contributed by atoms with van der Waals surface area (Å²) in [5, 5.41) is 42.1. The Morgan fingerprint density at radius 1 is 1.10 bits per heavy atom. The maximum absolute atomic E-state index is 10.8. The van der Waals surface area contributed by atoms with Crippen LogP contribution in [0.1, 0.15) is 39.7 Å². The van der Waals surface area contributed by atoms with E-state index in [1.54, 1.807) is 11.3 Å². The summed E-state index contributed by atoms with van der Waals surface area (Å²) in [7, 11) is 0. The first kappa shape index (κ1) is 20.3. The van der Waals surface area contributed by atoms with Gasteiger partial charge in [0.2, 0.25) is 0 Å². The number of aliphatic hydroxyl groups is 3. The first-order valence-corrected chi connectivity index (χ1v) is 10.6. The van der Waals surface area contributed by atoms with Crippen molar-refractivity contribution in [1.82, 2.24) is 0 Å². The molecule has 1 saturated heterocycles. The molecule has 0 radical (unpaired) electrons. The van der Waals surface area contributed by atoms with E-state index < -0.39 is 24.4 Å². The second-order valence-electron chi connectivity index (χ2n) is 7.81. The minimum atomic E-state index is -1.16. The third kappa shape index (κ3) is 3.79. The molecule has 0 amide bonds. The van der Waals surface area contributed by atoms with E-state index in [-0.39, 0.29) is 18.8 Å². The molecule has 0 bridgehead atoms. The van der Waals surface area contributed by atoms with Crippen molar-refractivity contribution in [3.63, 3.8) is 0 Å². The molecular formula is C23H26O5S. The molecule has 0 aliphatic carbocycles. The van der Waals surface area contributed by atoms with E-state index in [0.717, 1.165) is 16.7 Å². The highest BCUT2D eigenvalue weighted by atomic mass is 32.1. The van der Waals surface area contributed by atoms with Gasteiger partial charge in [0.15, 0.2) is 0 Å². The molecule has 1 aliphatic rings. The number of ether oxygens (including phenoxy) is 1. The maximum atomic E-state index is 10.8. The Balaban J connectivity index is 1.73. The van der Waals surface area contributed by atoms with Crippen molar-refractivity contribution in [2.75, 3.05) is 6.61 Å². The number of phenols is 1. The molecule has 154 valence electrons. The molecule has 4 rings (SSSR count). The van der Waals surface area contributed by atoms with Crippen LogP contribution in [0.3, 0.4) is 0 Å². The molecule has 2 aromatic carbocycles. The number of hydrogen-bond donors (Lipinski definition) is 4. The predicted molar refractivity (Wildman–Crippen MR) is 114 cm³/mol. The van der Waals surface area contributed by atoms with Crippen LogP contribution in [0.25, 0.3) is 10.1 Å². The third-order valence-corrected chi connectivity index (χ3v) is 7.02. The van der Waals surface area contributed by atoms with Crippen LogP contribution in [-0.4, -0.2) is 45.3 Å². The van der Waals surface area contributed by atoms with Gasteiger partial charge in [-0.1, -0.05) is 18.2 Å². The Kier molecular flexibility index (Phi) is 5.64.